The first-order valence-corrected chi connectivity index (χ1v) is 7.77. The van der Waals surface area contributed by atoms with Crippen LogP contribution in [0.4, 0.5) is 10.5 Å². The third kappa shape index (κ3) is 5.20. The minimum atomic E-state index is -0.509. The number of alkyl carbamates (subject to hydrolysis) is 1. The lowest BCUT2D eigenvalue weighted by molar-refractivity contribution is 0.0523. The van der Waals surface area contributed by atoms with Gasteiger partial charge in [0.25, 0.3) is 0 Å². The van der Waals surface area contributed by atoms with E-state index in [1.165, 1.54) is 0 Å². The maximum absolute atomic E-state index is 11.8. The van der Waals surface area contributed by atoms with E-state index in [0.717, 1.165) is 22.6 Å². The predicted molar refractivity (Wildman–Crippen MR) is 89.9 cm³/mol. The van der Waals surface area contributed by atoms with Gasteiger partial charge in [-0.3, -0.25) is 4.98 Å². The van der Waals surface area contributed by atoms with Crippen molar-refractivity contribution in [1.82, 2.24) is 10.3 Å². The fraction of sp³-hybridized carbons (Fsp3) is 0.647. The van der Waals surface area contributed by atoms with Gasteiger partial charge in [0.2, 0.25) is 0 Å². The van der Waals surface area contributed by atoms with Gasteiger partial charge in [-0.05, 0) is 44.2 Å². The molecule has 3 N–H and O–H groups in total. The van der Waals surface area contributed by atoms with Crippen molar-refractivity contribution >= 4 is 11.8 Å². The van der Waals surface area contributed by atoms with Crippen molar-refractivity contribution in [2.45, 2.75) is 72.4 Å². The molecule has 0 unspecified atom stereocenters. The molecule has 5 nitrogen and oxygen atoms in total. The number of hydrogen-bond donors (Lipinski definition) is 2. The van der Waals surface area contributed by atoms with Gasteiger partial charge in [0, 0.05) is 0 Å². The van der Waals surface area contributed by atoms with Crippen LogP contribution in [-0.2, 0) is 11.3 Å². The van der Waals surface area contributed by atoms with Crippen LogP contribution in [0.5, 0.6) is 0 Å². The zero-order valence-electron chi connectivity index (χ0n) is 14.8. The minimum absolute atomic E-state index is 0.235. The number of anilines is 1. The zero-order valence-corrected chi connectivity index (χ0v) is 14.8. The van der Waals surface area contributed by atoms with Crippen LogP contribution in [0.3, 0.4) is 0 Å². The molecule has 0 aliphatic rings. The standard InChI is InChI=1S/C17H29N3O2/c1-10(2)13-8-12(20-15(11(3)4)14(13)18)9-19-16(21)22-17(5,6)7/h8,10-11H,9,18H2,1-7H3,(H,19,21). The first kappa shape index (κ1) is 18.3. The average Bonchev–Trinajstić information content (AvgIpc) is 2.34. The molecule has 0 atom stereocenters. The Morgan fingerprint density at radius 3 is 2.32 bits per heavy atom. The van der Waals surface area contributed by atoms with Crippen molar-refractivity contribution in [2.75, 3.05) is 5.73 Å². The van der Waals surface area contributed by atoms with E-state index >= 15 is 0 Å². The van der Waals surface area contributed by atoms with Gasteiger partial charge >= 0.3 is 6.09 Å². The van der Waals surface area contributed by atoms with Crippen molar-refractivity contribution < 1.29 is 9.53 Å². The summed E-state index contributed by atoms with van der Waals surface area (Å²) in [6.45, 7) is 14.2. The van der Waals surface area contributed by atoms with Gasteiger partial charge in [-0.15, -0.1) is 0 Å². The predicted octanol–water partition coefficient (Wildman–Crippen LogP) is 3.94. The Bertz CT molecular complexity index is 502. The average molecular weight is 307 g/mol. The van der Waals surface area contributed by atoms with E-state index in [2.05, 4.69) is 38.0 Å². The largest absolute Gasteiger partial charge is 0.444 e. The van der Waals surface area contributed by atoms with E-state index in [1.807, 2.05) is 26.8 Å². The van der Waals surface area contributed by atoms with E-state index in [-0.39, 0.29) is 5.92 Å². The number of nitrogens with two attached hydrogens (primary N) is 1. The normalized spacial score (nSPS) is 11.9. The summed E-state index contributed by atoms with van der Waals surface area (Å²) in [6.07, 6.45) is -0.441. The summed E-state index contributed by atoms with van der Waals surface area (Å²) in [7, 11) is 0. The lowest BCUT2D eigenvalue weighted by atomic mass is 9.96. The second kappa shape index (κ2) is 6.99. The number of hydrogen-bond acceptors (Lipinski definition) is 4. The molecule has 22 heavy (non-hydrogen) atoms. The quantitative estimate of drug-likeness (QED) is 0.883. The van der Waals surface area contributed by atoms with Crippen LogP contribution >= 0.6 is 0 Å². The van der Waals surface area contributed by atoms with Gasteiger partial charge in [0.1, 0.15) is 5.60 Å². The fourth-order valence-corrected chi connectivity index (χ4v) is 2.14. The molecule has 0 aromatic carbocycles. The molecule has 5 heteroatoms. The van der Waals surface area contributed by atoms with Crippen molar-refractivity contribution in [1.29, 1.82) is 0 Å². The number of rotatable bonds is 4. The van der Waals surface area contributed by atoms with Gasteiger partial charge in [-0.1, -0.05) is 27.7 Å². The summed E-state index contributed by atoms with van der Waals surface area (Å²) >= 11 is 0. The zero-order chi connectivity index (χ0) is 17.1. The number of ether oxygens (including phenoxy) is 1. The molecule has 0 spiro atoms. The Morgan fingerprint density at radius 2 is 1.86 bits per heavy atom. The van der Waals surface area contributed by atoms with Crippen LogP contribution in [0.1, 0.15) is 77.3 Å². The van der Waals surface area contributed by atoms with Crippen molar-refractivity contribution in [3.63, 3.8) is 0 Å². The molecule has 0 bridgehead atoms. The van der Waals surface area contributed by atoms with Crippen LogP contribution < -0.4 is 11.1 Å². The molecule has 0 fully saturated rings. The van der Waals surface area contributed by atoms with Gasteiger partial charge in [-0.25, -0.2) is 4.79 Å². The molecule has 1 amide bonds. The Morgan fingerprint density at radius 1 is 1.27 bits per heavy atom. The van der Waals surface area contributed by atoms with Gasteiger partial charge in [0.05, 0.1) is 23.6 Å². The summed E-state index contributed by atoms with van der Waals surface area (Å²) in [6, 6.07) is 1.96. The second-order valence-electron chi connectivity index (χ2n) is 7.17. The molecule has 0 saturated heterocycles. The number of nitrogens with one attached hydrogen (secondary N) is 1. The number of amides is 1. The molecule has 1 heterocycles. The maximum atomic E-state index is 11.8. The fourth-order valence-electron chi connectivity index (χ4n) is 2.14. The Balaban J connectivity index is 2.94. The van der Waals surface area contributed by atoms with E-state index < -0.39 is 11.7 Å². The van der Waals surface area contributed by atoms with Crippen molar-refractivity contribution in [3.8, 4) is 0 Å². The molecule has 0 saturated carbocycles. The van der Waals surface area contributed by atoms with Crippen LogP contribution in [0.15, 0.2) is 6.07 Å². The number of carbonyl (C=O) groups is 1. The number of nitrogens with zero attached hydrogens (tertiary/aromatic N) is 1. The minimum Gasteiger partial charge on any atom is -0.444 e. The SMILES string of the molecule is CC(C)c1cc(CNC(=O)OC(C)(C)C)nc(C(C)C)c1N. The van der Waals surface area contributed by atoms with Gasteiger partial charge in [0.15, 0.2) is 0 Å². The number of carbonyl (C=O) groups excluding carboxylic acids is 1. The molecule has 0 aliphatic heterocycles. The Labute approximate surface area is 133 Å². The van der Waals surface area contributed by atoms with Crippen molar-refractivity contribution in [3.05, 3.63) is 23.0 Å². The Hall–Kier alpha value is -1.78. The first-order chi connectivity index (χ1) is 10.0. The first-order valence-electron chi connectivity index (χ1n) is 7.77. The number of nitrogen functional groups attached to an aromatic ring is 1. The summed E-state index contributed by atoms with van der Waals surface area (Å²) in [5.41, 5.74) is 9.21. The van der Waals surface area contributed by atoms with Crippen LogP contribution in [-0.4, -0.2) is 16.7 Å². The van der Waals surface area contributed by atoms with Crippen LogP contribution in [0, 0.1) is 0 Å². The molecular formula is C17H29N3O2. The summed E-state index contributed by atoms with van der Waals surface area (Å²) in [4.78, 5) is 16.3. The number of pyridine rings is 1. The van der Waals surface area contributed by atoms with E-state index in [0.29, 0.717) is 12.5 Å². The highest BCUT2D eigenvalue weighted by Gasteiger charge is 2.18. The summed E-state index contributed by atoms with van der Waals surface area (Å²) in [5.74, 6) is 0.541. The monoisotopic (exact) mass is 307 g/mol. The van der Waals surface area contributed by atoms with Gasteiger partial charge < -0.3 is 15.8 Å². The highest BCUT2D eigenvalue weighted by Crippen LogP contribution is 2.29. The lowest BCUT2D eigenvalue weighted by Gasteiger charge is -2.20. The molecule has 124 valence electrons. The third-order valence-electron chi connectivity index (χ3n) is 3.15. The van der Waals surface area contributed by atoms with Crippen LogP contribution in [0.25, 0.3) is 0 Å². The topological polar surface area (TPSA) is 77.2 Å². The third-order valence-corrected chi connectivity index (χ3v) is 3.15. The second-order valence-corrected chi connectivity index (χ2v) is 7.17. The highest BCUT2D eigenvalue weighted by atomic mass is 16.6. The highest BCUT2D eigenvalue weighted by molar-refractivity contribution is 5.67. The Kier molecular flexibility index (Phi) is 5.80. The summed E-state index contributed by atoms with van der Waals surface area (Å²) < 4.78 is 5.24. The molecule has 1 aromatic rings. The molecule has 0 radical (unpaired) electrons. The lowest BCUT2D eigenvalue weighted by Crippen LogP contribution is -2.32. The smallest absolute Gasteiger partial charge is 0.407 e. The van der Waals surface area contributed by atoms with E-state index in [1.54, 1.807) is 0 Å². The van der Waals surface area contributed by atoms with Crippen LogP contribution in [0.2, 0.25) is 0 Å². The van der Waals surface area contributed by atoms with E-state index in [4.69, 9.17) is 10.5 Å². The molecule has 1 aromatic heterocycles. The summed E-state index contributed by atoms with van der Waals surface area (Å²) in [5, 5.41) is 2.74. The van der Waals surface area contributed by atoms with E-state index in [9.17, 15) is 4.79 Å². The number of aromatic nitrogens is 1. The maximum Gasteiger partial charge on any atom is 0.407 e. The van der Waals surface area contributed by atoms with Gasteiger partial charge in [-0.2, -0.15) is 0 Å². The molecule has 0 aliphatic carbocycles. The molecule has 1 rings (SSSR count). The van der Waals surface area contributed by atoms with Crippen molar-refractivity contribution in [2.24, 2.45) is 0 Å². The molecular weight excluding hydrogens is 278 g/mol.